The molecule has 7 heteroatoms. The van der Waals surface area contributed by atoms with E-state index >= 15 is 0 Å². The van der Waals surface area contributed by atoms with Crippen molar-refractivity contribution in [3.63, 3.8) is 0 Å². The Morgan fingerprint density at radius 3 is 2.62 bits per heavy atom. The zero-order chi connectivity index (χ0) is 22.3. The molecule has 1 fully saturated rings. The van der Waals surface area contributed by atoms with Crippen molar-refractivity contribution in [1.82, 2.24) is 14.9 Å². The van der Waals surface area contributed by atoms with Crippen molar-refractivity contribution in [2.45, 2.75) is 24.5 Å². The number of ether oxygens (including phenoxy) is 1. The third-order valence-corrected chi connectivity index (χ3v) is 6.31. The van der Waals surface area contributed by atoms with Crippen molar-refractivity contribution in [1.29, 1.82) is 0 Å². The number of para-hydroxylation sites is 1. The van der Waals surface area contributed by atoms with Gasteiger partial charge in [-0.3, -0.25) is 9.69 Å². The van der Waals surface area contributed by atoms with Crippen LogP contribution in [0.2, 0.25) is 0 Å². The molecule has 6 nitrogen and oxygen atoms in total. The smallest absolute Gasteiger partial charge is 0.228 e. The van der Waals surface area contributed by atoms with Crippen LogP contribution in [-0.4, -0.2) is 47.2 Å². The Labute approximate surface area is 193 Å². The van der Waals surface area contributed by atoms with E-state index in [-0.39, 0.29) is 11.8 Å². The molecular formula is C25H28N4O2S. The highest BCUT2D eigenvalue weighted by atomic mass is 32.2. The van der Waals surface area contributed by atoms with Gasteiger partial charge in [0.15, 0.2) is 5.16 Å². The van der Waals surface area contributed by atoms with Gasteiger partial charge in [-0.2, -0.15) is 0 Å². The van der Waals surface area contributed by atoms with Crippen LogP contribution in [0.25, 0.3) is 11.1 Å². The highest BCUT2D eigenvalue weighted by Crippen LogP contribution is 2.30. The molecule has 3 aromatic rings. The predicted molar refractivity (Wildman–Crippen MR) is 129 cm³/mol. The normalized spacial score (nSPS) is 16.5. The van der Waals surface area contributed by atoms with Crippen molar-refractivity contribution in [3.05, 3.63) is 66.5 Å². The van der Waals surface area contributed by atoms with Crippen LogP contribution in [0.4, 0.5) is 5.69 Å². The minimum Gasteiger partial charge on any atom is -0.497 e. The van der Waals surface area contributed by atoms with Gasteiger partial charge in [0.05, 0.1) is 13.0 Å². The SMILES string of the molecule is COc1ccc(-c2ccccc2NC(=O)[C@@H]2CCCN(Cc3cnc(SC)nc3)C2)cc1. The molecule has 1 aliphatic heterocycles. The quantitative estimate of drug-likeness (QED) is 0.417. The van der Waals surface area contributed by atoms with Crippen LogP contribution in [0.1, 0.15) is 18.4 Å². The molecule has 1 saturated heterocycles. The van der Waals surface area contributed by atoms with E-state index in [0.29, 0.717) is 0 Å². The van der Waals surface area contributed by atoms with Gasteiger partial charge in [0, 0.05) is 42.3 Å². The summed E-state index contributed by atoms with van der Waals surface area (Å²) in [6.07, 6.45) is 7.63. The van der Waals surface area contributed by atoms with Crippen LogP contribution >= 0.6 is 11.8 Å². The Bertz CT molecular complexity index is 1040. The Hall–Kier alpha value is -2.90. The number of carbonyl (C=O) groups is 1. The molecule has 4 rings (SSSR count). The first kappa shape index (κ1) is 22.3. The van der Waals surface area contributed by atoms with Crippen LogP contribution in [0.3, 0.4) is 0 Å². The lowest BCUT2D eigenvalue weighted by molar-refractivity contribution is -0.121. The minimum absolute atomic E-state index is 0.0425. The van der Waals surface area contributed by atoms with Crippen molar-refractivity contribution in [3.8, 4) is 16.9 Å². The third kappa shape index (κ3) is 5.47. The summed E-state index contributed by atoms with van der Waals surface area (Å²) in [5.74, 6) is 0.842. The van der Waals surface area contributed by atoms with Crippen molar-refractivity contribution >= 4 is 23.4 Å². The van der Waals surface area contributed by atoms with E-state index in [1.54, 1.807) is 7.11 Å². The van der Waals surface area contributed by atoms with Crippen LogP contribution in [0.5, 0.6) is 5.75 Å². The molecule has 0 aliphatic carbocycles. The fourth-order valence-electron chi connectivity index (χ4n) is 4.05. The lowest BCUT2D eigenvalue weighted by Crippen LogP contribution is -2.40. The summed E-state index contributed by atoms with van der Waals surface area (Å²) >= 11 is 1.54. The second kappa shape index (κ2) is 10.6. The first-order valence-corrected chi connectivity index (χ1v) is 12.0. The summed E-state index contributed by atoms with van der Waals surface area (Å²) in [6.45, 7) is 2.48. The van der Waals surface area contributed by atoms with E-state index in [1.807, 2.05) is 67.2 Å². The van der Waals surface area contributed by atoms with Crippen molar-refractivity contribution in [2.75, 3.05) is 31.8 Å². The van der Waals surface area contributed by atoms with Gasteiger partial charge >= 0.3 is 0 Å². The molecule has 0 unspecified atom stereocenters. The van der Waals surface area contributed by atoms with Crippen molar-refractivity contribution < 1.29 is 9.53 Å². The van der Waals surface area contributed by atoms with Gasteiger partial charge in [0.1, 0.15) is 5.75 Å². The standard InChI is InChI=1S/C25H28N4O2S/c1-31-21-11-9-19(10-12-21)22-7-3-4-8-23(22)28-24(30)20-6-5-13-29(17-20)16-18-14-26-25(32-2)27-15-18/h3-4,7-12,14-15,20H,5-6,13,16-17H2,1-2H3,(H,28,30)/t20-/m1/s1. The highest BCUT2D eigenvalue weighted by Gasteiger charge is 2.26. The van der Waals surface area contributed by atoms with Gasteiger partial charge in [0.2, 0.25) is 5.91 Å². The Morgan fingerprint density at radius 1 is 1.16 bits per heavy atom. The van der Waals surface area contributed by atoms with Crippen LogP contribution in [0.15, 0.2) is 66.1 Å². The summed E-state index contributed by atoms with van der Waals surface area (Å²) in [6, 6.07) is 15.8. The molecule has 1 aliphatic rings. The largest absolute Gasteiger partial charge is 0.497 e. The fourth-order valence-corrected chi connectivity index (χ4v) is 4.37. The number of carbonyl (C=O) groups excluding carboxylic acids is 1. The molecule has 1 amide bonds. The number of nitrogens with one attached hydrogen (secondary N) is 1. The molecule has 2 aromatic carbocycles. The van der Waals surface area contributed by atoms with Gasteiger partial charge in [-0.25, -0.2) is 9.97 Å². The average molecular weight is 449 g/mol. The first-order valence-electron chi connectivity index (χ1n) is 10.8. The number of methoxy groups -OCH3 is 1. The van der Waals surface area contributed by atoms with Gasteiger partial charge in [-0.15, -0.1) is 0 Å². The zero-order valence-corrected chi connectivity index (χ0v) is 19.3. The second-order valence-electron chi connectivity index (χ2n) is 7.92. The molecular weight excluding hydrogens is 420 g/mol. The van der Waals surface area contributed by atoms with E-state index in [0.717, 1.165) is 65.8 Å². The van der Waals surface area contributed by atoms with Crippen LogP contribution in [-0.2, 0) is 11.3 Å². The Kier molecular flexibility index (Phi) is 7.39. The number of anilines is 1. The molecule has 32 heavy (non-hydrogen) atoms. The molecule has 2 heterocycles. The molecule has 1 N–H and O–H groups in total. The number of aromatic nitrogens is 2. The number of amides is 1. The second-order valence-corrected chi connectivity index (χ2v) is 8.69. The molecule has 0 radical (unpaired) electrons. The van der Waals surface area contributed by atoms with Crippen LogP contribution < -0.4 is 10.1 Å². The monoisotopic (exact) mass is 448 g/mol. The molecule has 0 saturated carbocycles. The Balaban J connectivity index is 1.42. The summed E-state index contributed by atoms with van der Waals surface area (Å²) in [5.41, 5.74) is 3.96. The number of hydrogen-bond acceptors (Lipinski definition) is 6. The topological polar surface area (TPSA) is 67.3 Å². The number of rotatable bonds is 7. The van der Waals surface area contributed by atoms with Gasteiger partial charge in [0.25, 0.3) is 0 Å². The lowest BCUT2D eigenvalue weighted by atomic mass is 9.96. The van der Waals surface area contributed by atoms with Gasteiger partial charge < -0.3 is 10.1 Å². The lowest BCUT2D eigenvalue weighted by Gasteiger charge is -2.32. The van der Waals surface area contributed by atoms with Crippen molar-refractivity contribution in [2.24, 2.45) is 5.92 Å². The molecule has 1 atom stereocenters. The predicted octanol–water partition coefficient (Wildman–Crippen LogP) is 4.72. The number of nitrogens with zero attached hydrogens (tertiary/aromatic N) is 3. The summed E-state index contributed by atoms with van der Waals surface area (Å²) in [4.78, 5) is 24.2. The summed E-state index contributed by atoms with van der Waals surface area (Å²) in [5, 5.41) is 3.96. The Morgan fingerprint density at radius 2 is 1.91 bits per heavy atom. The zero-order valence-electron chi connectivity index (χ0n) is 18.5. The summed E-state index contributed by atoms with van der Waals surface area (Å²) in [7, 11) is 1.66. The number of likely N-dealkylation sites (tertiary alicyclic amines) is 1. The first-order chi connectivity index (χ1) is 15.7. The molecule has 0 bridgehead atoms. The van der Waals surface area contributed by atoms with E-state index in [9.17, 15) is 4.79 Å². The molecule has 1 aromatic heterocycles. The number of hydrogen-bond donors (Lipinski definition) is 1. The maximum absolute atomic E-state index is 13.1. The molecule has 0 spiro atoms. The minimum atomic E-state index is -0.0425. The van der Waals surface area contributed by atoms with Gasteiger partial charge in [-0.1, -0.05) is 42.1 Å². The number of benzene rings is 2. The average Bonchev–Trinajstić information content (AvgIpc) is 2.85. The van der Waals surface area contributed by atoms with E-state index in [2.05, 4.69) is 20.2 Å². The van der Waals surface area contributed by atoms with E-state index in [1.165, 1.54) is 11.8 Å². The van der Waals surface area contributed by atoms with E-state index in [4.69, 9.17) is 4.74 Å². The van der Waals surface area contributed by atoms with Crippen LogP contribution in [0, 0.1) is 5.92 Å². The fraction of sp³-hybridized carbons (Fsp3) is 0.320. The van der Waals surface area contributed by atoms with E-state index < -0.39 is 0 Å². The van der Waals surface area contributed by atoms with Gasteiger partial charge in [-0.05, 0) is 49.4 Å². The number of piperidine rings is 1. The maximum atomic E-state index is 13.1. The number of thioether (sulfide) groups is 1. The molecule has 166 valence electrons. The highest BCUT2D eigenvalue weighted by molar-refractivity contribution is 7.98. The third-order valence-electron chi connectivity index (χ3n) is 5.73. The maximum Gasteiger partial charge on any atom is 0.228 e. The summed E-state index contributed by atoms with van der Waals surface area (Å²) < 4.78 is 5.26.